The lowest BCUT2D eigenvalue weighted by molar-refractivity contribution is -0.277. The van der Waals surface area contributed by atoms with Crippen molar-refractivity contribution in [2.45, 2.75) is 30.7 Å². The number of carbonyl (C=O) groups excluding carboxylic acids is 1. The molecule has 40 heavy (non-hydrogen) atoms. The minimum absolute atomic E-state index is 0.141. The van der Waals surface area contributed by atoms with Crippen LogP contribution in [0.25, 0.3) is 12.2 Å². The number of rotatable bonds is 7. The largest absolute Gasteiger partial charge is 0.508 e. The van der Waals surface area contributed by atoms with Crippen molar-refractivity contribution in [3.63, 3.8) is 0 Å². The Morgan fingerprint density at radius 2 is 1.38 bits per heavy atom. The van der Waals surface area contributed by atoms with Crippen LogP contribution in [0.3, 0.4) is 0 Å². The number of hydrogen-bond donors (Lipinski definition) is 9. The van der Waals surface area contributed by atoms with E-state index in [-0.39, 0.29) is 28.6 Å². The van der Waals surface area contributed by atoms with E-state index in [2.05, 4.69) is 0 Å². The summed E-state index contributed by atoms with van der Waals surface area (Å²) in [5, 5.41) is 89.1. The van der Waals surface area contributed by atoms with Gasteiger partial charge in [-0.15, -0.1) is 0 Å². The van der Waals surface area contributed by atoms with E-state index in [9.17, 15) is 50.8 Å². The maximum atomic E-state index is 12.3. The lowest BCUT2D eigenvalue weighted by Crippen LogP contribution is -2.60. The van der Waals surface area contributed by atoms with E-state index in [1.54, 1.807) is 12.2 Å². The van der Waals surface area contributed by atoms with Crippen LogP contribution in [0.2, 0.25) is 0 Å². The van der Waals surface area contributed by atoms with Crippen molar-refractivity contribution in [3.05, 3.63) is 65.2 Å². The number of hydrogen-bond acceptors (Lipinski definition) is 13. The Bertz CT molecular complexity index is 1380. The number of phenols is 6. The molecule has 0 spiro atoms. The molecule has 212 valence electrons. The molecule has 13 nitrogen and oxygen atoms in total. The molecule has 3 aromatic rings. The monoisotopic (exact) mass is 558 g/mol. The molecule has 0 saturated carbocycles. The second kappa shape index (κ2) is 11.6. The van der Waals surface area contributed by atoms with Crippen molar-refractivity contribution in [3.8, 4) is 40.2 Å². The van der Waals surface area contributed by atoms with Gasteiger partial charge in [0, 0.05) is 6.07 Å². The van der Waals surface area contributed by atoms with Gasteiger partial charge in [-0.25, -0.2) is 4.79 Å². The Balaban J connectivity index is 1.46. The van der Waals surface area contributed by atoms with Gasteiger partial charge in [0.1, 0.15) is 42.5 Å². The summed E-state index contributed by atoms with van der Waals surface area (Å²) in [7, 11) is 0. The first-order chi connectivity index (χ1) is 18.9. The number of aliphatic hydroxyl groups excluding tert-OH is 3. The summed E-state index contributed by atoms with van der Waals surface area (Å²) in [6, 6.07) is 9.86. The molecular formula is C27H26O13. The Morgan fingerprint density at radius 1 is 0.750 bits per heavy atom. The van der Waals surface area contributed by atoms with Gasteiger partial charge in [0.25, 0.3) is 0 Å². The zero-order valence-electron chi connectivity index (χ0n) is 20.5. The predicted molar refractivity (Wildman–Crippen MR) is 136 cm³/mol. The fourth-order valence-corrected chi connectivity index (χ4v) is 3.88. The Hall–Kier alpha value is -4.69. The lowest BCUT2D eigenvalue weighted by atomic mass is 9.99. The molecule has 0 amide bonds. The smallest absolute Gasteiger partial charge is 0.338 e. The first kappa shape index (κ1) is 28.3. The van der Waals surface area contributed by atoms with Gasteiger partial charge < -0.3 is 60.2 Å². The third kappa shape index (κ3) is 6.30. The lowest BCUT2D eigenvalue weighted by Gasteiger charge is -2.39. The fourth-order valence-electron chi connectivity index (χ4n) is 3.88. The molecule has 13 heteroatoms. The number of ether oxygens (including phenoxy) is 3. The van der Waals surface area contributed by atoms with Crippen molar-refractivity contribution < 1.29 is 65.0 Å². The Kier molecular flexibility index (Phi) is 8.21. The molecule has 0 aliphatic carbocycles. The number of esters is 1. The molecule has 1 fully saturated rings. The van der Waals surface area contributed by atoms with E-state index in [4.69, 9.17) is 14.2 Å². The Morgan fingerprint density at radius 3 is 2.02 bits per heavy atom. The van der Waals surface area contributed by atoms with Crippen LogP contribution in [0.1, 0.15) is 21.5 Å². The van der Waals surface area contributed by atoms with Gasteiger partial charge in [0.2, 0.25) is 6.29 Å². The standard InChI is InChI=1S/C27H26O13/c28-15-5-13(6-16(29)10-15)2-1-12-3-4-17(30)20(7-12)39-27-25(36)24(35)23(34)21(40-27)11-38-26(37)14-8-18(31)22(33)19(32)9-14/h1-10,21,23-25,27-36H,11H2/b2-1-/t21-,23-,24+,25-,27-/m1/s1. The molecule has 9 N–H and O–H groups in total. The normalized spacial score (nSPS) is 22.7. The van der Waals surface area contributed by atoms with Crippen molar-refractivity contribution in [2.75, 3.05) is 6.61 Å². The van der Waals surface area contributed by atoms with E-state index in [0.717, 1.165) is 12.1 Å². The van der Waals surface area contributed by atoms with E-state index in [1.165, 1.54) is 36.4 Å². The molecule has 0 unspecified atom stereocenters. The Labute approximate surface area is 226 Å². The van der Waals surface area contributed by atoms with Gasteiger partial charge in [-0.05, 0) is 47.5 Å². The van der Waals surface area contributed by atoms with Crippen LogP contribution in [0.15, 0.2) is 48.5 Å². The second-order valence-corrected chi connectivity index (χ2v) is 8.94. The topological polar surface area (TPSA) is 227 Å². The SMILES string of the molecule is O=C(OC[C@H]1O[C@@H](Oc2cc(/C=C\c3cc(O)cc(O)c3)ccc2O)[C@H](O)[C@@H](O)[C@@H]1O)c1cc(O)c(O)c(O)c1. The quantitative estimate of drug-likeness (QED) is 0.113. The van der Waals surface area contributed by atoms with E-state index >= 15 is 0 Å². The third-order valence-electron chi connectivity index (χ3n) is 5.97. The van der Waals surface area contributed by atoms with Crippen LogP contribution in [0, 0.1) is 0 Å². The van der Waals surface area contributed by atoms with Crippen LogP contribution in [0.4, 0.5) is 0 Å². The molecule has 0 aromatic heterocycles. The molecular weight excluding hydrogens is 532 g/mol. The zero-order valence-corrected chi connectivity index (χ0v) is 20.5. The number of benzene rings is 3. The first-order valence-corrected chi connectivity index (χ1v) is 11.8. The number of carbonyl (C=O) groups is 1. The maximum Gasteiger partial charge on any atom is 0.338 e. The molecule has 1 aliphatic rings. The molecule has 1 aliphatic heterocycles. The highest BCUT2D eigenvalue weighted by Gasteiger charge is 2.45. The summed E-state index contributed by atoms with van der Waals surface area (Å²) in [6.07, 6.45) is -5.18. The van der Waals surface area contributed by atoms with Gasteiger partial charge >= 0.3 is 5.97 Å². The molecule has 1 saturated heterocycles. The highest BCUT2D eigenvalue weighted by molar-refractivity contribution is 5.91. The molecule has 1 heterocycles. The van der Waals surface area contributed by atoms with Crippen molar-refractivity contribution in [2.24, 2.45) is 0 Å². The second-order valence-electron chi connectivity index (χ2n) is 8.94. The average Bonchev–Trinajstić information content (AvgIpc) is 2.90. The predicted octanol–water partition coefficient (Wildman–Crippen LogP) is 1.13. The van der Waals surface area contributed by atoms with E-state index in [0.29, 0.717) is 11.1 Å². The van der Waals surface area contributed by atoms with E-state index < -0.39 is 60.5 Å². The van der Waals surface area contributed by atoms with Crippen LogP contribution in [0.5, 0.6) is 40.2 Å². The molecule has 0 bridgehead atoms. The summed E-state index contributed by atoms with van der Waals surface area (Å²) in [5.41, 5.74) is 0.640. The van der Waals surface area contributed by atoms with Crippen LogP contribution >= 0.6 is 0 Å². The van der Waals surface area contributed by atoms with Crippen LogP contribution in [-0.2, 0) is 9.47 Å². The van der Waals surface area contributed by atoms with Gasteiger partial charge in [-0.2, -0.15) is 0 Å². The third-order valence-corrected chi connectivity index (χ3v) is 5.97. The minimum Gasteiger partial charge on any atom is -0.508 e. The minimum atomic E-state index is -1.80. The molecule has 5 atom stereocenters. The summed E-state index contributed by atoms with van der Waals surface area (Å²) in [5.74, 6) is -4.25. The summed E-state index contributed by atoms with van der Waals surface area (Å²) >= 11 is 0. The van der Waals surface area contributed by atoms with Crippen molar-refractivity contribution in [1.29, 1.82) is 0 Å². The average molecular weight is 558 g/mol. The fraction of sp³-hybridized carbons (Fsp3) is 0.222. The van der Waals surface area contributed by atoms with Gasteiger partial charge in [0.05, 0.1) is 5.56 Å². The maximum absolute atomic E-state index is 12.3. The number of aliphatic hydroxyl groups is 3. The van der Waals surface area contributed by atoms with E-state index in [1.807, 2.05) is 0 Å². The summed E-state index contributed by atoms with van der Waals surface area (Å²) in [6.45, 7) is -0.655. The van der Waals surface area contributed by atoms with Crippen molar-refractivity contribution in [1.82, 2.24) is 0 Å². The molecule has 4 rings (SSSR count). The number of aromatic hydroxyl groups is 6. The number of phenolic OH excluding ortho intramolecular Hbond substituents is 6. The first-order valence-electron chi connectivity index (χ1n) is 11.8. The van der Waals surface area contributed by atoms with Gasteiger partial charge in [0.15, 0.2) is 28.7 Å². The van der Waals surface area contributed by atoms with Gasteiger partial charge in [-0.1, -0.05) is 18.2 Å². The molecule has 0 radical (unpaired) electrons. The highest BCUT2D eigenvalue weighted by Crippen LogP contribution is 2.36. The molecule has 3 aromatic carbocycles. The summed E-state index contributed by atoms with van der Waals surface area (Å²) in [4.78, 5) is 12.3. The summed E-state index contributed by atoms with van der Waals surface area (Å²) < 4.78 is 16.1. The van der Waals surface area contributed by atoms with Crippen LogP contribution in [-0.4, -0.2) is 89.2 Å². The highest BCUT2D eigenvalue weighted by atomic mass is 16.7. The van der Waals surface area contributed by atoms with Crippen molar-refractivity contribution >= 4 is 18.1 Å². The van der Waals surface area contributed by atoms with Gasteiger partial charge in [-0.3, -0.25) is 0 Å². The van der Waals surface area contributed by atoms with Crippen LogP contribution < -0.4 is 4.74 Å². The zero-order chi connectivity index (χ0) is 29.1.